The van der Waals surface area contributed by atoms with Crippen LogP contribution in [0.2, 0.25) is 0 Å². The number of aromatic amines is 1. The molecule has 1 aliphatic rings. The fourth-order valence-corrected chi connectivity index (χ4v) is 3.67. The van der Waals surface area contributed by atoms with Crippen molar-refractivity contribution in [3.05, 3.63) is 12.3 Å². The van der Waals surface area contributed by atoms with Crippen molar-refractivity contribution in [3.63, 3.8) is 0 Å². The van der Waals surface area contributed by atoms with Gasteiger partial charge in [-0.25, -0.2) is 8.42 Å². The largest absolute Gasteiger partial charge is 0.355 e. The van der Waals surface area contributed by atoms with E-state index >= 15 is 0 Å². The second-order valence-corrected chi connectivity index (χ2v) is 6.61. The molecule has 1 unspecified atom stereocenters. The highest BCUT2D eigenvalue weighted by Gasteiger charge is 2.33. The molecule has 1 saturated heterocycles. The number of H-pyrrole nitrogens is 1. The molecule has 1 aliphatic heterocycles. The quantitative estimate of drug-likeness (QED) is 0.636. The van der Waals surface area contributed by atoms with E-state index in [4.69, 9.17) is 5.73 Å². The van der Waals surface area contributed by atoms with Gasteiger partial charge in [0.15, 0.2) is 5.03 Å². The van der Waals surface area contributed by atoms with Crippen molar-refractivity contribution < 1.29 is 13.2 Å². The van der Waals surface area contributed by atoms with Gasteiger partial charge in [-0.15, -0.1) is 0 Å². The van der Waals surface area contributed by atoms with Gasteiger partial charge in [-0.05, 0) is 18.9 Å². The fraction of sp³-hybridized carbons (Fsp3) is 0.636. The van der Waals surface area contributed by atoms with E-state index < -0.39 is 10.0 Å². The smallest absolute Gasteiger partial charge is 0.259 e. The van der Waals surface area contributed by atoms with Gasteiger partial charge in [-0.1, -0.05) is 0 Å². The van der Waals surface area contributed by atoms with Crippen LogP contribution in [-0.4, -0.2) is 55.0 Å². The first-order valence-electron chi connectivity index (χ1n) is 6.53. The van der Waals surface area contributed by atoms with Gasteiger partial charge in [-0.2, -0.15) is 9.40 Å². The average molecular weight is 301 g/mol. The molecule has 1 atom stereocenters. The van der Waals surface area contributed by atoms with Crippen LogP contribution in [0.25, 0.3) is 0 Å². The van der Waals surface area contributed by atoms with Crippen LogP contribution >= 0.6 is 0 Å². The molecule has 1 aromatic heterocycles. The molecule has 0 aliphatic carbocycles. The number of amides is 1. The van der Waals surface area contributed by atoms with Crippen molar-refractivity contribution in [2.24, 2.45) is 11.7 Å². The maximum Gasteiger partial charge on any atom is 0.259 e. The molecule has 9 heteroatoms. The predicted molar refractivity (Wildman–Crippen MR) is 72.1 cm³/mol. The number of nitrogens with one attached hydrogen (secondary N) is 2. The molecule has 0 spiro atoms. The number of rotatable bonds is 5. The Bertz CT molecular complexity index is 542. The van der Waals surface area contributed by atoms with Crippen LogP contribution in [-0.2, 0) is 14.8 Å². The number of carbonyl (C=O) groups excluding carboxylic acids is 1. The van der Waals surface area contributed by atoms with Crippen molar-refractivity contribution in [2.75, 3.05) is 26.2 Å². The summed E-state index contributed by atoms with van der Waals surface area (Å²) >= 11 is 0. The van der Waals surface area contributed by atoms with E-state index in [1.54, 1.807) is 0 Å². The lowest BCUT2D eigenvalue weighted by Gasteiger charge is -2.30. The van der Waals surface area contributed by atoms with Crippen LogP contribution in [0, 0.1) is 5.92 Å². The Morgan fingerprint density at radius 1 is 1.60 bits per heavy atom. The molecule has 0 radical (unpaired) electrons. The molecule has 1 amide bonds. The summed E-state index contributed by atoms with van der Waals surface area (Å²) in [5.41, 5.74) is 5.33. The number of hydrogen-bond acceptors (Lipinski definition) is 5. The molecule has 20 heavy (non-hydrogen) atoms. The molecule has 8 nitrogen and oxygen atoms in total. The van der Waals surface area contributed by atoms with Crippen LogP contribution in [0.5, 0.6) is 0 Å². The van der Waals surface area contributed by atoms with E-state index in [0.717, 1.165) is 0 Å². The summed E-state index contributed by atoms with van der Waals surface area (Å²) < 4.78 is 26.0. The molecular weight excluding hydrogens is 282 g/mol. The standard InChI is InChI=1S/C11H19N5O3S/c12-4-6-13-11(17)9-2-1-7-16(8-9)20(18,19)10-3-5-14-15-10/h3,5,9H,1-2,4,6-8,12H2,(H,13,17)(H,14,15). The van der Waals surface area contributed by atoms with Crippen LogP contribution in [0.3, 0.4) is 0 Å². The summed E-state index contributed by atoms with van der Waals surface area (Å²) in [4.78, 5) is 11.9. The molecule has 112 valence electrons. The molecular formula is C11H19N5O3S. The topological polar surface area (TPSA) is 121 Å². The predicted octanol–water partition coefficient (Wildman–Crippen LogP) is -1.11. The molecule has 2 heterocycles. The summed E-state index contributed by atoms with van der Waals surface area (Å²) in [5.74, 6) is -0.465. The highest BCUT2D eigenvalue weighted by atomic mass is 32.2. The van der Waals surface area contributed by atoms with Crippen LogP contribution in [0.1, 0.15) is 12.8 Å². The Hall–Kier alpha value is -1.45. The normalized spacial score (nSPS) is 20.8. The Morgan fingerprint density at radius 3 is 3.05 bits per heavy atom. The van der Waals surface area contributed by atoms with E-state index in [9.17, 15) is 13.2 Å². The summed E-state index contributed by atoms with van der Waals surface area (Å²) in [5, 5.41) is 8.87. The van der Waals surface area contributed by atoms with Gasteiger partial charge >= 0.3 is 0 Å². The van der Waals surface area contributed by atoms with Crippen LogP contribution in [0.4, 0.5) is 0 Å². The Labute approximate surface area is 117 Å². The number of sulfonamides is 1. The molecule has 2 rings (SSSR count). The van der Waals surface area contributed by atoms with Gasteiger partial charge in [0.05, 0.1) is 12.1 Å². The Morgan fingerprint density at radius 2 is 2.40 bits per heavy atom. The maximum absolute atomic E-state index is 12.3. The maximum atomic E-state index is 12.3. The number of nitrogens with zero attached hydrogens (tertiary/aromatic N) is 2. The van der Waals surface area contributed by atoms with Gasteiger partial charge in [-0.3, -0.25) is 9.89 Å². The van der Waals surface area contributed by atoms with Crippen LogP contribution in [0.15, 0.2) is 17.3 Å². The van der Waals surface area contributed by atoms with E-state index in [2.05, 4.69) is 15.5 Å². The van der Waals surface area contributed by atoms with Gasteiger partial charge in [0, 0.05) is 26.2 Å². The minimum Gasteiger partial charge on any atom is -0.355 e. The summed E-state index contributed by atoms with van der Waals surface area (Å²) in [6.45, 7) is 1.39. The second-order valence-electron chi connectivity index (χ2n) is 4.70. The Balaban J connectivity index is 2.05. The molecule has 0 bridgehead atoms. The SMILES string of the molecule is NCCNC(=O)C1CCCN(S(=O)(=O)c2ccn[nH]2)C1. The minimum atomic E-state index is -3.60. The van der Waals surface area contributed by atoms with Crippen LogP contribution < -0.4 is 11.1 Å². The summed E-state index contributed by atoms with van der Waals surface area (Å²) in [6.07, 6.45) is 2.74. The highest BCUT2D eigenvalue weighted by molar-refractivity contribution is 7.89. The number of nitrogens with two attached hydrogens (primary N) is 1. The second kappa shape index (κ2) is 6.33. The van der Waals surface area contributed by atoms with Crippen molar-refractivity contribution in [2.45, 2.75) is 17.9 Å². The van der Waals surface area contributed by atoms with Gasteiger partial charge < -0.3 is 11.1 Å². The zero-order valence-corrected chi connectivity index (χ0v) is 11.9. The lowest BCUT2D eigenvalue weighted by molar-refractivity contribution is -0.126. The lowest BCUT2D eigenvalue weighted by Crippen LogP contribution is -2.46. The molecule has 4 N–H and O–H groups in total. The molecule has 1 aromatic rings. The third-order valence-corrected chi connectivity index (χ3v) is 5.09. The molecule has 0 aromatic carbocycles. The van der Waals surface area contributed by atoms with Gasteiger partial charge in [0.1, 0.15) is 0 Å². The van der Waals surface area contributed by atoms with Crippen molar-refractivity contribution in [1.82, 2.24) is 19.8 Å². The summed E-state index contributed by atoms with van der Waals surface area (Å²) in [7, 11) is -3.60. The number of piperidine rings is 1. The summed E-state index contributed by atoms with van der Waals surface area (Å²) in [6, 6.07) is 1.41. The first-order valence-corrected chi connectivity index (χ1v) is 7.97. The van der Waals surface area contributed by atoms with Gasteiger partial charge in [0.25, 0.3) is 10.0 Å². The fourth-order valence-electron chi connectivity index (χ4n) is 2.24. The lowest BCUT2D eigenvalue weighted by atomic mass is 9.99. The third-order valence-electron chi connectivity index (χ3n) is 3.29. The van der Waals surface area contributed by atoms with Gasteiger partial charge in [0.2, 0.25) is 5.91 Å². The molecule has 0 saturated carbocycles. The number of hydrogen-bond donors (Lipinski definition) is 3. The van der Waals surface area contributed by atoms with Crippen molar-refractivity contribution in [3.8, 4) is 0 Å². The van der Waals surface area contributed by atoms with E-state index in [1.165, 1.54) is 16.6 Å². The average Bonchev–Trinajstić information content (AvgIpc) is 2.99. The van der Waals surface area contributed by atoms with Crippen molar-refractivity contribution in [1.29, 1.82) is 0 Å². The van der Waals surface area contributed by atoms with E-state index in [1.807, 2.05) is 0 Å². The number of aromatic nitrogens is 2. The first-order chi connectivity index (χ1) is 9.55. The zero-order chi connectivity index (χ0) is 14.6. The molecule has 1 fully saturated rings. The van der Waals surface area contributed by atoms with E-state index in [-0.39, 0.29) is 23.4 Å². The van der Waals surface area contributed by atoms with Crippen molar-refractivity contribution >= 4 is 15.9 Å². The first kappa shape index (κ1) is 14.9. The Kier molecular flexibility index (Phi) is 4.73. The third kappa shape index (κ3) is 3.17. The monoisotopic (exact) mass is 301 g/mol. The highest BCUT2D eigenvalue weighted by Crippen LogP contribution is 2.22. The number of carbonyl (C=O) groups is 1. The minimum absolute atomic E-state index is 0.0560. The van der Waals surface area contributed by atoms with E-state index in [0.29, 0.717) is 32.5 Å². The zero-order valence-electron chi connectivity index (χ0n) is 11.1.